The minimum absolute atomic E-state index is 0.241. The Morgan fingerprint density at radius 1 is 1.24 bits per heavy atom. The predicted octanol–water partition coefficient (Wildman–Crippen LogP) is 0.710. The van der Waals surface area contributed by atoms with Crippen LogP contribution in [0.3, 0.4) is 0 Å². The lowest BCUT2D eigenvalue weighted by molar-refractivity contribution is -0.118. The summed E-state index contributed by atoms with van der Waals surface area (Å²) in [6.07, 6.45) is 3.76. The minimum Gasteiger partial charge on any atom is -0.381 e. The lowest BCUT2D eigenvalue weighted by Gasteiger charge is -2.43. The van der Waals surface area contributed by atoms with E-state index in [1.807, 2.05) is 0 Å². The van der Waals surface area contributed by atoms with E-state index < -0.39 is 0 Å². The summed E-state index contributed by atoms with van der Waals surface area (Å²) in [5.41, 5.74) is 6.07. The molecule has 17 heavy (non-hydrogen) atoms. The molecule has 0 unspecified atom stereocenters. The van der Waals surface area contributed by atoms with E-state index in [1.165, 1.54) is 25.8 Å². The molecule has 0 saturated carbocycles. The minimum atomic E-state index is 0.241. The van der Waals surface area contributed by atoms with Gasteiger partial charge in [-0.25, -0.2) is 0 Å². The average Bonchev–Trinajstić information content (AvgIpc) is 2.33. The molecule has 4 nitrogen and oxygen atoms in total. The Hall–Kier alpha value is -0.160. The van der Waals surface area contributed by atoms with Crippen LogP contribution in [0.2, 0.25) is 0 Å². The molecular formula is C13H26N2O2. The van der Waals surface area contributed by atoms with Crippen LogP contribution in [0, 0.1) is 11.3 Å². The lowest BCUT2D eigenvalue weighted by atomic mass is 9.85. The third kappa shape index (κ3) is 3.65. The molecule has 0 amide bonds. The monoisotopic (exact) mass is 242 g/mol. The zero-order valence-electron chi connectivity index (χ0n) is 11.0. The van der Waals surface area contributed by atoms with E-state index >= 15 is 0 Å². The van der Waals surface area contributed by atoms with Gasteiger partial charge in [-0.1, -0.05) is 0 Å². The van der Waals surface area contributed by atoms with Crippen molar-refractivity contribution in [3.8, 4) is 0 Å². The quantitative estimate of drug-likeness (QED) is 0.745. The Labute approximate surface area is 104 Å². The molecule has 4 heteroatoms. The van der Waals surface area contributed by atoms with Crippen LogP contribution < -0.4 is 5.73 Å². The van der Waals surface area contributed by atoms with E-state index in [0.29, 0.717) is 0 Å². The molecule has 0 aromatic carbocycles. The van der Waals surface area contributed by atoms with E-state index in [9.17, 15) is 0 Å². The van der Waals surface area contributed by atoms with Crippen LogP contribution >= 0.6 is 0 Å². The van der Waals surface area contributed by atoms with Gasteiger partial charge in [0.25, 0.3) is 0 Å². The molecule has 2 aliphatic rings. The van der Waals surface area contributed by atoms with Crippen molar-refractivity contribution in [3.63, 3.8) is 0 Å². The second-order valence-electron chi connectivity index (χ2n) is 5.78. The van der Waals surface area contributed by atoms with Gasteiger partial charge in [0.15, 0.2) is 0 Å². The molecule has 0 spiro atoms. The van der Waals surface area contributed by atoms with Crippen molar-refractivity contribution in [1.82, 2.24) is 4.90 Å². The average molecular weight is 242 g/mol. The second kappa shape index (κ2) is 6.14. The summed E-state index contributed by atoms with van der Waals surface area (Å²) in [7, 11) is 2.20. The Morgan fingerprint density at radius 2 is 1.94 bits per heavy atom. The standard InChI is InChI=1S/C13H26N2O2/c1-15(9-13(8-14)10-17-11-13)5-2-12-3-6-16-7-4-12/h12H,2-11,14H2,1H3. The number of nitrogens with zero attached hydrogens (tertiary/aromatic N) is 1. The molecule has 2 N–H and O–H groups in total. The maximum absolute atomic E-state index is 5.83. The molecule has 2 rings (SSSR count). The second-order valence-corrected chi connectivity index (χ2v) is 5.78. The Morgan fingerprint density at radius 3 is 2.47 bits per heavy atom. The maximum Gasteiger partial charge on any atom is 0.0569 e. The van der Waals surface area contributed by atoms with Gasteiger partial charge in [-0.15, -0.1) is 0 Å². The zero-order valence-corrected chi connectivity index (χ0v) is 11.0. The lowest BCUT2D eigenvalue weighted by Crippen LogP contribution is -2.54. The van der Waals surface area contributed by atoms with Gasteiger partial charge in [-0.3, -0.25) is 0 Å². The first-order chi connectivity index (χ1) is 8.24. The maximum atomic E-state index is 5.83. The van der Waals surface area contributed by atoms with Crippen LogP contribution in [0.25, 0.3) is 0 Å². The summed E-state index contributed by atoms with van der Waals surface area (Å²) < 4.78 is 10.7. The highest BCUT2D eigenvalue weighted by Crippen LogP contribution is 2.27. The van der Waals surface area contributed by atoms with Gasteiger partial charge in [0.1, 0.15) is 0 Å². The van der Waals surface area contributed by atoms with Gasteiger partial charge >= 0.3 is 0 Å². The van der Waals surface area contributed by atoms with Crippen LogP contribution in [0.4, 0.5) is 0 Å². The Balaban J connectivity index is 1.64. The summed E-state index contributed by atoms with van der Waals surface area (Å²) in [5, 5.41) is 0. The van der Waals surface area contributed by atoms with Crippen molar-refractivity contribution in [2.75, 3.05) is 53.1 Å². The van der Waals surface area contributed by atoms with Gasteiger partial charge in [0.2, 0.25) is 0 Å². The van der Waals surface area contributed by atoms with Crippen molar-refractivity contribution in [2.45, 2.75) is 19.3 Å². The summed E-state index contributed by atoms with van der Waals surface area (Å²) in [6.45, 7) is 6.58. The molecule has 0 aromatic heterocycles. The smallest absolute Gasteiger partial charge is 0.0569 e. The van der Waals surface area contributed by atoms with Crippen molar-refractivity contribution < 1.29 is 9.47 Å². The number of nitrogens with two attached hydrogens (primary N) is 1. The number of rotatable bonds is 6. The highest BCUT2D eigenvalue weighted by Gasteiger charge is 2.38. The van der Waals surface area contributed by atoms with Gasteiger partial charge in [0, 0.05) is 31.7 Å². The predicted molar refractivity (Wildman–Crippen MR) is 68.0 cm³/mol. The molecule has 0 atom stereocenters. The fourth-order valence-electron chi connectivity index (χ4n) is 2.75. The Kier molecular flexibility index (Phi) is 4.79. The van der Waals surface area contributed by atoms with Crippen LogP contribution in [-0.4, -0.2) is 58.0 Å². The van der Waals surface area contributed by atoms with Crippen molar-refractivity contribution in [2.24, 2.45) is 17.1 Å². The first-order valence-corrected chi connectivity index (χ1v) is 6.78. The fraction of sp³-hybridized carbons (Fsp3) is 1.00. The third-order valence-corrected chi connectivity index (χ3v) is 4.11. The molecule has 0 aliphatic carbocycles. The summed E-state index contributed by atoms with van der Waals surface area (Å²) >= 11 is 0. The SMILES string of the molecule is CN(CCC1CCOCC1)CC1(CN)COC1. The highest BCUT2D eigenvalue weighted by molar-refractivity contribution is 4.89. The van der Waals surface area contributed by atoms with Gasteiger partial charge in [-0.2, -0.15) is 0 Å². The normalized spacial score (nSPS) is 24.9. The number of hydrogen-bond donors (Lipinski definition) is 1. The number of ether oxygens (including phenoxy) is 2. The topological polar surface area (TPSA) is 47.7 Å². The first-order valence-electron chi connectivity index (χ1n) is 6.78. The Bertz CT molecular complexity index is 220. The molecule has 100 valence electrons. The first kappa shape index (κ1) is 13.3. The van der Waals surface area contributed by atoms with E-state index in [0.717, 1.165) is 45.4 Å². The molecule has 0 aromatic rings. The van der Waals surface area contributed by atoms with Gasteiger partial charge in [0.05, 0.1) is 13.2 Å². The van der Waals surface area contributed by atoms with Gasteiger partial charge in [-0.05, 0) is 38.8 Å². The highest BCUT2D eigenvalue weighted by atomic mass is 16.5. The molecular weight excluding hydrogens is 216 g/mol. The van der Waals surface area contributed by atoms with Gasteiger partial charge < -0.3 is 20.1 Å². The summed E-state index contributed by atoms with van der Waals surface area (Å²) in [6, 6.07) is 0. The summed E-state index contributed by atoms with van der Waals surface area (Å²) in [4.78, 5) is 2.42. The van der Waals surface area contributed by atoms with Crippen molar-refractivity contribution in [3.05, 3.63) is 0 Å². The van der Waals surface area contributed by atoms with E-state index in [2.05, 4.69) is 11.9 Å². The number of hydrogen-bond acceptors (Lipinski definition) is 4. The molecule has 2 saturated heterocycles. The zero-order chi connectivity index (χ0) is 12.1. The molecule has 2 aliphatic heterocycles. The van der Waals surface area contributed by atoms with Crippen LogP contribution in [0.1, 0.15) is 19.3 Å². The van der Waals surface area contributed by atoms with E-state index in [1.54, 1.807) is 0 Å². The molecule has 0 bridgehead atoms. The molecule has 2 heterocycles. The fourth-order valence-corrected chi connectivity index (χ4v) is 2.75. The van der Waals surface area contributed by atoms with Crippen LogP contribution in [0.5, 0.6) is 0 Å². The largest absolute Gasteiger partial charge is 0.381 e. The van der Waals surface area contributed by atoms with Crippen molar-refractivity contribution >= 4 is 0 Å². The molecule has 2 fully saturated rings. The third-order valence-electron chi connectivity index (χ3n) is 4.11. The van der Waals surface area contributed by atoms with E-state index in [-0.39, 0.29) is 5.41 Å². The van der Waals surface area contributed by atoms with Crippen LogP contribution in [0.15, 0.2) is 0 Å². The van der Waals surface area contributed by atoms with E-state index in [4.69, 9.17) is 15.2 Å². The van der Waals surface area contributed by atoms with Crippen LogP contribution in [-0.2, 0) is 9.47 Å². The van der Waals surface area contributed by atoms with Crippen molar-refractivity contribution in [1.29, 1.82) is 0 Å². The summed E-state index contributed by atoms with van der Waals surface area (Å²) in [5.74, 6) is 0.859. The molecule has 0 radical (unpaired) electrons.